The molecule has 1 aliphatic rings. The molecular formula is C27H28F4N6O2S. The number of aromatic nitrogens is 3. The van der Waals surface area contributed by atoms with Gasteiger partial charge in [0.15, 0.2) is 5.01 Å². The van der Waals surface area contributed by atoms with Crippen molar-refractivity contribution in [2.75, 3.05) is 25.5 Å². The third-order valence-electron chi connectivity index (χ3n) is 6.65. The number of amides is 1. The fourth-order valence-electron chi connectivity index (χ4n) is 4.71. The molecule has 1 amide bonds. The number of fused-ring (bicyclic) bond motifs is 1. The second-order valence-corrected chi connectivity index (χ2v) is 10.8. The molecule has 8 nitrogen and oxygen atoms in total. The quantitative estimate of drug-likeness (QED) is 0.266. The Kier molecular flexibility index (Phi) is 8.22. The van der Waals surface area contributed by atoms with Crippen molar-refractivity contribution in [2.45, 2.75) is 44.5 Å². The van der Waals surface area contributed by atoms with Crippen LogP contribution in [0.2, 0.25) is 0 Å². The molecule has 0 unspecified atom stereocenters. The summed E-state index contributed by atoms with van der Waals surface area (Å²) in [6.45, 7) is -0.117. The van der Waals surface area contributed by atoms with E-state index in [0.29, 0.717) is 28.0 Å². The van der Waals surface area contributed by atoms with Crippen molar-refractivity contribution in [2.24, 2.45) is 0 Å². The summed E-state index contributed by atoms with van der Waals surface area (Å²) >= 11 is 1.07. The van der Waals surface area contributed by atoms with Gasteiger partial charge in [-0.05, 0) is 37.2 Å². The Morgan fingerprint density at radius 3 is 2.70 bits per heavy atom. The Bertz CT molecular complexity index is 1460. The molecule has 40 heavy (non-hydrogen) atoms. The number of hydrogen-bond acceptors (Lipinski definition) is 7. The molecule has 0 bridgehead atoms. The topological polar surface area (TPSA) is 84.3 Å². The van der Waals surface area contributed by atoms with Gasteiger partial charge in [0, 0.05) is 24.2 Å². The first-order chi connectivity index (χ1) is 19.2. The number of alkyl halides is 4. The number of benzene rings is 2. The third kappa shape index (κ3) is 6.70. The number of hydrogen-bond donors (Lipinski definition) is 2. The monoisotopic (exact) mass is 576 g/mol. The van der Waals surface area contributed by atoms with Gasteiger partial charge in [-0.1, -0.05) is 47.7 Å². The second-order valence-electron chi connectivity index (χ2n) is 9.70. The number of anilines is 1. The van der Waals surface area contributed by atoms with Gasteiger partial charge in [0.1, 0.15) is 24.3 Å². The summed E-state index contributed by atoms with van der Waals surface area (Å²) in [7, 11) is 1.85. The normalized spacial score (nSPS) is 18.1. The van der Waals surface area contributed by atoms with Gasteiger partial charge >= 0.3 is 12.3 Å². The molecule has 4 aromatic rings. The Morgan fingerprint density at radius 1 is 1.15 bits per heavy atom. The Labute approximate surface area is 231 Å². The molecule has 0 radical (unpaired) electrons. The standard InChI is InChI=1S/C27H28F4N6O2S/c1-36-11-10-21(19(28)14-36)33-20-8-5-9-22-18(20)12-23(37(22)16-27(29,30)31)25-35-34-24(40-25)13-32-26(38)39-15-17-6-3-2-4-7-17/h2-9,12,19,21,33H,10-11,13-16H2,1H3,(H,32,38)/t19-,21+/m0/s1. The van der Waals surface area contributed by atoms with Crippen LogP contribution in [0.3, 0.4) is 0 Å². The molecule has 1 aliphatic heterocycles. The van der Waals surface area contributed by atoms with Crippen molar-refractivity contribution in [1.82, 2.24) is 25.0 Å². The maximum absolute atomic E-state index is 14.7. The molecule has 0 spiro atoms. The number of likely N-dealkylation sites (tertiary alicyclic amines) is 1. The van der Waals surface area contributed by atoms with Gasteiger partial charge in [0.2, 0.25) is 0 Å². The zero-order valence-electron chi connectivity index (χ0n) is 21.6. The molecule has 5 rings (SSSR count). The minimum absolute atomic E-state index is 0.00556. The highest BCUT2D eigenvalue weighted by atomic mass is 32.1. The lowest BCUT2D eigenvalue weighted by Crippen LogP contribution is -2.46. The van der Waals surface area contributed by atoms with Crippen LogP contribution in [0.5, 0.6) is 0 Å². The van der Waals surface area contributed by atoms with Crippen LogP contribution in [0.4, 0.5) is 28.0 Å². The molecule has 212 valence electrons. The van der Waals surface area contributed by atoms with E-state index in [1.807, 2.05) is 42.3 Å². The first-order valence-electron chi connectivity index (χ1n) is 12.7. The van der Waals surface area contributed by atoms with Gasteiger partial charge in [-0.3, -0.25) is 0 Å². The van der Waals surface area contributed by atoms with Crippen molar-refractivity contribution in [3.05, 3.63) is 65.2 Å². The molecule has 2 aromatic heterocycles. The van der Waals surface area contributed by atoms with E-state index in [0.717, 1.165) is 28.0 Å². The van der Waals surface area contributed by atoms with Gasteiger partial charge < -0.3 is 24.8 Å². The maximum Gasteiger partial charge on any atom is 0.407 e. The van der Waals surface area contributed by atoms with Gasteiger partial charge in [0.25, 0.3) is 0 Å². The van der Waals surface area contributed by atoms with Gasteiger partial charge in [-0.15, -0.1) is 10.2 Å². The average Bonchev–Trinajstić information content (AvgIpc) is 3.53. The summed E-state index contributed by atoms with van der Waals surface area (Å²) in [5.41, 5.74) is 1.97. The van der Waals surface area contributed by atoms with Crippen molar-refractivity contribution in [3.8, 4) is 10.7 Å². The number of nitrogens with one attached hydrogen (secondary N) is 2. The minimum atomic E-state index is -4.49. The smallest absolute Gasteiger partial charge is 0.407 e. The highest BCUT2D eigenvalue weighted by Crippen LogP contribution is 2.36. The van der Waals surface area contributed by atoms with E-state index in [-0.39, 0.29) is 30.4 Å². The first kappa shape index (κ1) is 27.8. The van der Waals surface area contributed by atoms with Crippen LogP contribution < -0.4 is 10.6 Å². The van der Waals surface area contributed by atoms with Crippen LogP contribution in [0.15, 0.2) is 54.6 Å². The number of carbonyl (C=O) groups excluding carboxylic acids is 1. The number of rotatable bonds is 8. The third-order valence-corrected chi connectivity index (χ3v) is 7.60. The van der Waals surface area contributed by atoms with E-state index < -0.39 is 31.0 Å². The molecule has 2 N–H and O–H groups in total. The van der Waals surface area contributed by atoms with E-state index >= 15 is 0 Å². The van der Waals surface area contributed by atoms with Crippen molar-refractivity contribution in [3.63, 3.8) is 0 Å². The Hall–Kier alpha value is -3.71. The van der Waals surface area contributed by atoms with Crippen molar-refractivity contribution >= 4 is 34.0 Å². The molecular weight excluding hydrogens is 548 g/mol. The summed E-state index contributed by atoms with van der Waals surface area (Å²) in [4.78, 5) is 14.0. The Morgan fingerprint density at radius 2 is 1.95 bits per heavy atom. The lowest BCUT2D eigenvalue weighted by molar-refractivity contribution is -0.139. The molecule has 2 aromatic carbocycles. The van der Waals surface area contributed by atoms with E-state index in [1.54, 1.807) is 24.3 Å². The summed E-state index contributed by atoms with van der Waals surface area (Å²) in [5, 5.41) is 15.2. The van der Waals surface area contributed by atoms with E-state index in [9.17, 15) is 22.4 Å². The van der Waals surface area contributed by atoms with Gasteiger partial charge in [-0.25, -0.2) is 9.18 Å². The summed E-state index contributed by atoms with van der Waals surface area (Å²) < 4.78 is 61.9. The lowest BCUT2D eigenvalue weighted by atomic mass is 10.0. The lowest BCUT2D eigenvalue weighted by Gasteiger charge is -2.33. The summed E-state index contributed by atoms with van der Waals surface area (Å²) in [6, 6.07) is 15.4. The van der Waals surface area contributed by atoms with E-state index in [4.69, 9.17) is 4.74 Å². The molecule has 1 fully saturated rings. The number of piperidine rings is 1. The average molecular weight is 577 g/mol. The molecule has 13 heteroatoms. The number of nitrogens with zero attached hydrogens (tertiary/aromatic N) is 4. The summed E-state index contributed by atoms with van der Waals surface area (Å²) in [6.07, 6.45) is -5.67. The minimum Gasteiger partial charge on any atom is -0.445 e. The molecule has 0 saturated carbocycles. The number of carbonyl (C=O) groups is 1. The fraction of sp³-hybridized carbons (Fsp3) is 0.370. The predicted molar refractivity (Wildman–Crippen MR) is 145 cm³/mol. The van der Waals surface area contributed by atoms with Gasteiger partial charge in [0.05, 0.1) is 23.8 Å². The summed E-state index contributed by atoms with van der Waals surface area (Å²) in [5.74, 6) is 0. The molecule has 1 saturated heterocycles. The number of ether oxygens (including phenoxy) is 1. The zero-order chi connectivity index (χ0) is 28.3. The second kappa shape index (κ2) is 11.8. The molecule has 2 atom stereocenters. The maximum atomic E-state index is 14.7. The molecule has 0 aliphatic carbocycles. The van der Waals surface area contributed by atoms with Crippen LogP contribution in [0.25, 0.3) is 21.6 Å². The van der Waals surface area contributed by atoms with Crippen LogP contribution in [0.1, 0.15) is 17.0 Å². The highest BCUT2D eigenvalue weighted by Gasteiger charge is 2.32. The van der Waals surface area contributed by atoms with Crippen molar-refractivity contribution < 1.29 is 27.1 Å². The van der Waals surface area contributed by atoms with Gasteiger partial charge in [-0.2, -0.15) is 13.2 Å². The van der Waals surface area contributed by atoms with Crippen LogP contribution in [-0.4, -0.2) is 64.3 Å². The Balaban J connectivity index is 1.35. The SMILES string of the molecule is CN1CC[C@@H](Nc2cccc3c2cc(-c2nnc(CNC(=O)OCc4ccccc4)s2)n3CC(F)(F)F)[C@@H](F)C1. The number of halogens is 4. The van der Waals surface area contributed by atoms with Crippen LogP contribution in [-0.2, 0) is 24.4 Å². The zero-order valence-corrected chi connectivity index (χ0v) is 22.4. The first-order valence-corrected chi connectivity index (χ1v) is 13.5. The predicted octanol–water partition coefficient (Wildman–Crippen LogP) is 5.60. The largest absolute Gasteiger partial charge is 0.445 e. The highest BCUT2D eigenvalue weighted by molar-refractivity contribution is 7.14. The van der Waals surface area contributed by atoms with E-state index in [1.165, 1.54) is 0 Å². The van der Waals surface area contributed by atoms with Crippen LogP contribution in [0, 0.1) is 0 Å². The van der Waals surface area contributed by atoms with Crippen molar-refractivity contribution in [1.29, 1.82) is 0 Å². The number of alkyl carbamates (subject to hydrolysis) is 1. The fourth-order valence-corrected chi connectivity index (χ4v) is 5.51. The molecule has 3 heterocycles. The van der Waals surface area contributed by atoms with Crippen LogP contribution >= 0.6 is 11.3 Å². The van der Waals surface area contributed by atoms with E-state index in [2.05, 4.69) is 20.8 Å².